The number of hydrogen-bond acceptors (Lipinski definition) is 4. The lowest BCUT2D eigenvalue weighted by atomic mass is 9.91. The first-order valence-electron chi connectivity index (χ1n) is 9.72. The van der Waals surface area contributed by atoms with Gasteiger partial charge in [0, 0.05) is 13.7 Å². The van der Waals surface area contributed by atoms with E-state index in [0.29, 0.717) is 13.2 Å². The molecule has 5 heteroatoms. The van der Waals surface area contributed by atoms with Crippen molar-refractivity contribution in [3.63, 3.8) is 0 Å². The molecule has 150 valence electrons. The van der Waals surface area contributed by atoms with E-state index in [1.165, 1.54) is 0 Å². The molecule has 0 aromatic heterocycles. The van der Waals surface area contributed by atoms with Gasteiger partial charge in [0.05, 0.1) is 13.0 Å². The highest BCUT2D eigenvalue weighted by molar-refractivity contribution is 5.80. The fourth-order valence-corrected chi connectivity index (χ4v) is 3.90. The Bertz CT molecular complexity index is 765. The first-order chi connectivity index (χ1) is 13.5. The number of carbonyl (C=O) groups excluding carboxylic acids is 1. The van der Waals surface area contributed by atoms with Gasteiger partial charge in [0.2, 0.25) is 5.91 Å². The van der Waals surface area contributed by atoms with Gasteiger partial charge in [0.15, 0.2) is 5.72 Å². The molecule has 2 unspecified atom stereocenters. The van der Waals surface area contributed by atoms with Crippen LogP contribution in [0.4, 0.5) is 0 Å². The third kappa shape index (κ3) is 3.97. The summed E-state index contributed by atoms with van der Waals surface area (Å²) in [5, 5.41) is 11.1. The molecule has 1 heterocycles. The SMILES string of the molecule is COC1(C(O)C(C)C)[C@@H](OCc2ccccc2)CC(=O)N1Cc1ccccc1. The summed E-state index contributed by atoms with van der Waals surface area (Å²) in [6, 6.07) is 19.6. The van der Waals surface area contributed by atoms with Crippen molar-refractivity contribution in [2.24, 2.45) is 5.92 Å². The highest BCUT2D eigenvalue weighted by Gasteiger charge is 2.59. The molecule has 0 spiro atoms. The number of likely N-dealkylation sites (tertiary alicyclic amines) is 1. The smallest absolute Gasteiger partial charge is 0.228 e. The lowest BCUT2D eigenvalue weighted by Gasteiger charge is -2.45. The van der Waals surface area contributed by atoms with Crippen LogP contribution in [0.25, 0.3) is 0 Å². The lowest BCUT2D eigenvalue weighted by molar-refractivity contribution is -0.243. The molecular weight excluding hydrogens is 354 g/mol. The van der Waals surface area contributed by atoms with Gasteiger partial charge in [-0.2, -0.15) is 0 Å². The minimum atomic E-state index is -1.23. The maximum atomic E-state index is 13.0. The number of ether oxygens (including phenoxy) is 2. The molecule has 2 aromatic carbocycles. The molecule has 1 amide bonds. The Kier molecular flexibility index (Phi) is 6.50. The second-order valence-electron chi connectivity index (χ2n) is 7.60. The summed E-state index contributed by atoms with van der Waals surface area (Å²) in [6.07, 6.45) is -1.27. The third-order valence-electron chi connectivity index (χ3n) is 5.40. The summed E-state index contributed by atoms with van der Waals surface area (Å²) < 4.78 is 12.1. The van der Waals surface area contributed by atoms with Crippen LogP contribution in [0, 0.1) is 5.92 Å². The van der Waals surface area contributed by atoms with E-state index in [1.807, 2.05) is 74.5 Å². The largest absolute Gasteiger partial charge is 0.388 e. The van der Waals surface area contributed by atoms with Gasteiger partial charge < -0.3 is 19.5 Å². The lowest BCUT2D eigenvalue weighted by Crippen LogP contribution is -2.62. The van der Waals surface area contributed by atoms with Crippen molar-refractivity contribution >= 4 is 5.91 Å². The Morgan fingerprint density at radius 1 is 1.07 bits per heavy atom. The van der Waals surface area contributed by atoms with Crippen molar-refractivity contribution in [2.45, 2.75) is 51.4 Å². The molecule has 2 aromatic rings. The van der Waals surface area contributed by atoms with Gasteiger partial charge in [-0.1, -0.05) is 74.5 Å². The van der Waals surface area contributed by atoms with Crippen molar-refractivity contribution in [2.75, 3.05) is 7.11 Å². The molecular formula is C23H29NO4. The Balaban J connectivity index is 1.90. The number of nitrogens with zero attached hydrogens (tertiary/aromatic N) is 1. The zero-order valence-corrected chi connectivity index (χ0v) is 16.7. The van der Waals surface area contributed by atoms with E-state index in [2.05, 4.69) is 0 Å². The van der Waals surface area contributed by atoms with Crippen molar-refractivity contribution in [3.05, 3.63) is 71.8 Å². The molecule has 1 saturated heterocycles. The molecule has 3 rings (SSSR count). The molecule has 28 heavy (non-hydrogen) atoms. The Morgan fingerprint density at radius 3 is 2.18 bits per heavy atom. The van der Waals surface area contributed by atoms with Crippen LogP contribution in [-0.2, 0) is 27.4 Å². The number of aliphatic hydroxyl groups is 1. The molecule has 1 fully saturated rings. The fraction of sp³-hybridized carbons (Fsp3) is 0.435. The zero-order valence-electron chi connectivity index (χ0n) is 16.7. The molecule has 3 atom stereocenters. The first-order valence-corrected chi connectivity index (χ1v) is 9.72. The second-order valence-corrected chi connectivity index (χ2v) is 7.60. The number of amides is 1. The monoisotopic (exact) mass is 383 g/mol. The highest BCUT2D eigenvalue weighted by atomic mass is 16.6. The van der Waals surface area contributed by atoms with Crippen molar-refractivity contribution < 1.29 is 19.4 Å². The van der Waals surface area contributed by atoms with Crippen LogP contribution in [-0.4, -0.2) is 41.0 Å². The minimum Gasteiger partial charge on any atom is -0.388 e. The quantitative estimate of drug-likeness (QED) is 0.759. The normalized spacial score (nSPS) is 23.4. The number of benzene rings is 2. The topological polar surface area (TPSA) is 59.0 Å². The van der Waals surface area contributed by atoms with Crippen LogP contribution < -0.4 is 0 Å². The summed E-state index contributed by atoms with van der Waals surface area (Å²) in [4.78, 5) is 14.6. The van der Waals surface area contributed by atoms with Gasteiger partial charge in [-0.3, -0.25) is 4.79 Å². The minimum absolute atomic E-state index is 0.0801. The molecule has 0 bridgehead atoms. The Labute approximate surface area is 166 Å². The Hall–Kier alpha value is -2.21. The molecule has 5 nitrogen and oxygen atoms in total. The second kappa shape index (κ2) is 8.86. The van der Waals surface area contributed by atoms with E-state index in [-0.39, 0.29) is 18.2 Å². The van der Waals surface area contributed by atoms with E-state index in [1.54, 1.807) is 12.0 Å². The average Bonchev–Trinajstić information content (AvgIpc) is 2.99. The first kappa shape index (κ1) is 20.5. The predicted molar refractivity (Wildman–Crippen MR) is 107 cm³/mol. The zero-order chi connectivity index (χ0) is 20.1. The average molecular weight is 383 g/mol. The van der Waals surface area contributed by atoms with E-state index in [4.69, 9.17) is 9.47 Å². The van der Waals surface area contributed by atoms with Crippen LogP contribution >= 0.6 is 0 Å². The molecule has 1 aliphatic heterocycles. The molecule has 0 radical (unpaired) electrons. The van der Waals surface area contributed by atoms with E-state index < -0.39 is 17.9 Å². The summed E-state index contributed by atoms with van der Waals surface area (Å²) in [6.45, 7) is 4.56. The van der Waals surface area contributed by atoms with Crippen LogP contribution in [0.3, 0.4) is 0 Å². The van der Waals surface area contributed by atoms with Gasteiger partial charge in [-0.15, -0.1) is 0 Å². The number of rotatable bonds is 8. The van der Waals surface area contributed by atoms with Gasteiger partial charge in [0.25, 0.3) is 0 Å². The van der Waals surface area contributed by atoms with Crippen molar-refractivity contribution in [1.82, 2.24) is 4.90 Å². The van der Waals surface area contributed by atoms with Crippen molar-refractivity contribution in [1.29, 1.82) is 0 Å². The summed E-state index contributed by atoms with van der Waals surface area (Å²) in [7, 11) is 1.54. The summed E-state index contributed by atoms with van der Waals surface area (Å²) in [5.74, 6) is -0.185. The van der Waals surface area contributed by atoms with Gasteiger partial charge in [0.1, 0.15) is 12.2 Å². The van der Waals surface area contributed by atoms with E-state index in [0.717, 1.165) is 11.1 Å². The number of hydrogen-bond donors (Lipinski definition) is 1. The number of methoxy groups -OCH3 is 1. The van der Waals surface area contributed by atoms with Crippen molar-refractivity contribution in [3.8, 4) is 0 Å². The maximum Gasteiger partial charge on any atom is 0.228 e. The molecule has 1 aliphatic rings. The van der Waals surface area contributed by atoms with Gasteiger partial charge in [-0.05, 0) is 17.0 Å². The maximum absolute atomic E-state index is 13.0. The Morgan fingerprint density at radius 2 is 1.64 bits per heavy atom. The summed E-state index contributed by atoms with van der Waals surface area (Å²) >= 11 is 0. The van der Waals surface area contributed by atoms with Crippen LogP contribution in [0.15, 0.2) is 60.7 Å². The van der Waals surface area contributed by atoms with Gasteiger partial charge >= 0.3 is 0 Å². The standard InChI is InChI=1S/C23H29NO4/c1-17(2)22(26)23(27-3)20(28-16-19-12-8-5-9-13-19)14-21(25)24(23)15-18-10-6-4-7-11-18/h4-13,17,20,22,26H,14-16H2,1-3H3/t20-,22?,23?/m0/s1. The van der Waals surface area contributed by atoms with E-state index in [9.17, 15) is 9.90 Å². The van der Waals surface area contributed by atoms with Crippen LogP contribution in [0.1, 0.15) is 31.4 Å². The fourth-order valence-electron chi connectivity index (χ4n) is 3.90. The van der Waals surface area contributed by atoms with E-state index >= 15 is 0 Å². The number of carbonyl (C=O) groups is 1. The number of aliphatic hydroxyl groups excluding tert-OH is 1. The molecule has 0 saturated carbocycles. The summed E-state index contributed by atoms with van der Waals surface area (Å²) in [5.41, 5.74) is 0.771. The molecule has 0 aliphatic carbocycles. The third-order valence-corrected chi connectivity index (χ3v) is 5.40. The van der Waals surface area contributed by atoms with Crippen LogP contribution in [0.5, 0.6) is 0 Å². The molecule has 1 N–H and O–H groups in total. The van der Waals surface area contributed by atoms with Crippen LogP contribution in [0.2, 0.25) is 0 Å². The predicted octanol–water partition coefficient (Wildman–Crippen LogP) is 3.36. The highest BCUT2D eigenvalue weighted by Crippen LogP contribution is 2.40. The van der Waals surface area contributed by atoms with Gasteiger partial charge in [-0.25, -0.2) is 0 Å².